The normalized spacial score (nSPS) is 18.8. The molecule has 22 heavy (non-hydrogen) atoms. The molecule has 1 atom stereocenters. The Morgan fingerprint density at radius 2 is 1.91 bits per heavy atom. The SMILES string of the molecule is CCN(Cc1ccc(N(C)C)cc1)S(=O)(=O)CC1CCOC1. The minimum atomic E-state index is -3.24. The van der Waals surface area contributed by atoms with E-state index in [1.54, 1.807) is 4.31 Å². The van der Waals surface area contributed by atoms with Crippen LogP contribution in [-0.4, -0.2) is 52.3 Å². The quantitative estimate of drug-likeness (QED) is 0.768. The van der Waals surface area contributed by atoms with Gasteiger partial charge < -0.3 is 9.64 Å². The molecule has 1 aromatic rings. The number of anilines is 1. The van der Waals surface area contributed by atoms with Gasteiger partial charge in [0, 0.05) is 39.5 Å². The van der Waals surface area contributed by atoms with Crippen molar-refractivity contribution in [2.75, 3.05) is 44.5 Å². The van der Waals surface area contributed by atoms with Crippen LogP contribution in [0.1, 0.15) is 18.9 Å². The standard InChI is InChI=1S/C16H26N2O3S/c1-4-18(22(19,20)13-15-9-10-21-12-15)11-14-5-7-16(8-6-14)17(2)3/h5-8,15H,4,9-13H2,1-3H3. The number of rotatable bonds is 7. The summed E-state index contributed by atoms with van der Waals surface area (Å²) in [5.74, 6) is 0.326. The van der Waals surface area contributed by atoms with Crippen molar-refractivity contribution < 1.29 is 13.2 Å². The number of sulfonamides is 1. The van der Waals surface area contributed by atoms with Gasteiger partial charge in [-0.05, 0) is 30.0 Å². The number of hydrogen-bond donors (Lipinski definition) is 0. The van der Waals surface area contributed by atoms with E-state index in [0.717, 1.165) is 17.7 Å². The molecule has 0 aliphatic carbocycles. The smallest absolute Gasteiger partial charge is 0.214 e. The molecular formula is C16H26N2O3S. The zero-order valence-corrected chi connectivity index (χ0v) is 14.5. The zero-order valence-electron chi connectivity index (χ0n) is 13.7. The first-order valence-electron chi connectivity index (χ1n) is 7.74. The maximum absolute atomic E-state index is 12.6. The summed E-state index contributed by atoms with van der Waals surface area (Å²) in [6.45, 7) is 4.05. The van der Waals surface area contributed by atoms with E-state index in [1.165, 1.54) is 0 Å². The van der Waals surface area contributed by atoms with Crippen LogP contribution in [0.15, 0.2) is 24.3 Å². The molecule has 5 nitrogen and oxygen atoms in total. The van der Waals surface area contributed by atoms with Crippen LogP contribution in [0.5, 0.6) is 0 Å². The molecule has 1 unspecified atom stereocenters. The Balaban J connectivity index is 2.03. The lowest BCUT2D eigenvalue weighted by molar-refractivity contribution is 0.188. The third-order valence-corrected chi connectivity index (χ3v) is 6.09. The molecule has 0 N–H and O–H groups in total. The molecule has 0 radical (unpaired) electrons. The highest BCUT2D eigenvalue weighted by atomic mass is 32.2. The molecule has 1 saturated heterocycles. The first-order chi connectivity index (χ1) is 10.4. The van der Waals surface area contributed by atoms with Crippen molar-refractivity contribution in [3.05, 3.63) is 29.8 Å². The predicted molar refractivity (Wildman–Crippen MR) is 89.6 cm³/mol. The Bertz CT molecular complexity index is 564. The van der Waals surface area contributed by atoms with Gasteiger partial charge >= 0.3 is 0 Å². The molecule has 0 bridgehead atoms. The molecule has 1 aliphatic heterocycles. The topological polar surface area (TPSA) is 49.9 Å². The van der Waals surface area contributed by atoms with Crippen LogP contribution in [0.4, 0.5) is 5.69 Å². The Morgan fingerprint density at radius 1 is 1.23 bits per heavy atom. The first kappa shape index (κ1) is 17.2. The van der Waals surface area contributed by atoms with Crippen LogP contribution in [0, 0.1) is 5.92 Å². The fraction of sp³-hybridized carbons (Fsp3) is 0.625. The number of nitrogens with zero attached hydrogens (tertiary/aromatic N) is 2. The fourth-order valence-electron chi connectivity index (χ4n) is 2.63. The van der Waals surface area contributed by atoms with Gasteiger partial charge in [0.2, 0.25) is 10.0 Å². The van der Waals surface area contributed by atoms with Crippen LogP contribution in [0.2, 0.25) is 0 Å². The monoisotopic (exact) mass is 326 g/mol. The maximum atomic E-state index is 12.6. The number of ether oxygens (including phenoxy) is 1. The molecule has 1 aliphatic rings. The van der Waals surface area contributed by atoms with Gasteiger partial charge in [0.1, 0.15) is 0 Å². The van der Waals surface area contributed by atoms with Crippen molar-refractivity contribution in [3.63, 3.8) is 0 Å². The van der Waals surface area contributed by atoms with Gasteiger partial charge in [-0.1, -0.05) is 19.1 Å². The maximum Gasteiger partial charge on any atom is 0.214 e. The van der Waals surface area contributed by atoms with Crippen molar-refractivity contribution in [3.8, 4) is 0 Å². The van der Waals surface area contributed by atoms with Crippen LogP contribution >= 0.6 is 0 Å². The minimum absolute atomic E-state index is 0.134. The summed E-state index contributed by atoms with van der Waals surface area (Å²) in [5, 5.41) is 0. The van der Waals surface area contributed by atoms with Crippen molar-refractivity contribution in [1.29, 1.82) is 0 Å². The van der Waals surface area contributed by atoms with Gasteiger partial charge in [-0.15, -0.1) is 0 Å². The molecule has 0 amide bonds. The summed E-state index contributed by atoms with van der Waals surface area (Å²) < 4.78 is 32.0. The van der Waals surface area contributed by atoms with Gasteiger partial charge in [0.15, 0.2) is 0 Å². The van der Waals surface area contributed by atoms with Crippen molar-refractivity contribution in [1.82, 2.24) is 4.31 Å². The molecule has 124 valence electrons. The van der Waals surface area contributed by atoms with E-state index >= 15 is 0 Å². The lowest BCUT2D eigenvalue weighted by atomic mass is 10.2. The molecule has 0 saturated carbocycles. The number of benzene rings is 1. The molecule has 0 spiro atoms. The molecule has 6 heteroatoms. The Labute approximate surface area is 133 Å². The molecule has 1 fully saturated rings. The van der Waals surface area contributed by atoms with E-state index < -0.39 is 10.0 Å². The van der Waals surface area contributed by atoms with E-state index in [4.69, 9.17) is 4.74 Å². The minimum Gasteiger partial charge on any atom is -0.381 e. The third-order valence-electron chi connectivity index (χ3n) is 4.03. The molecule has 0 aromatic heterocycles. The van der Waals surface area contributed by atoms with Crippen LogP contribution in [0.3, 0.4) is 0 Å². The first-order valence-corrected chi connectivity index (χ1v) is 9.35. The molecular weight excluding hydrogens is 300 g/mol. The van der Waals surface area contributed by atoms with Crippen molar-refractivity contribution in [2.45, 2.75) is 19.9 Å². The Morgan fingerprint density at radius 3 is 2.41 bits per heavy atom. The Kier molecular flexibility index (Phi) is 5.83. The summed E-state index contributed by atoms with van der Waals surface area (Å²) in [4.78, 5) is 2.03. The lowest BCUT2D eigenvalue weighted by Gasteiger charge is -2.22. The van der Waals surface area contributed by atoms with E-state index in [2.05, 4.69) is 0 Å². The fourth-order valence-corrected chi connectivity index (χ4v) is 4.44. The van der Waals surface area contributed by atoms with E-state index in [1.807, 2.05) is 50.2 Å². The zero-order chi connectivity index (χ0) is 16.2. The van der Waals surface area contributed by atoms with Gasteiger partial charge in [-0.25, -0.2) is 8.42 Å². The Hall–Kier alpha value is -1.11. The second-order valence-corrected chi connectivity index (χ2v) is 8.01. The average molecular weight is 326 g/mol. The van der Waals surface area contributed by atoms with E-state index in [9.17, 15) is 8.42 Å². The highest BCUT2D eigenvalue weighted by molar-refractivity contribution is 7.89. The summed E-state index contributed by atoms with van der Waals surface area (Å²) in [7, 11) is 0.738. The highest BCUT2D eigenvalue weighted by Crippen LogP contribution is 2.19. The largest absolute Gasteiger partial charge is 0.381 e. The molecule has 1 heterocycles. The van der Waals surface area contributed by atoms with Crippen molar-refractivity contribution in [2.24, 2.45) is 5.92 Å². The van der Waals surface area contributed by atoms with E-state index in [0.29, 0.717) is 26.3 Å². The average Bonchev–Trinajstić information content (AvgIpc) is 2.97. The molecule has 2 rings (SSSR count). The highest BCUT2D eigenvalue weighted by Gasteiger charge is 2.27. The molecule has 1 aromatic carbocycles. The van der Waals surface area contributed by atoms with Crippen molar-refractivity contribution >= 4 is 15.7 Å². The summed E-state index contributed by atoms with van der Waals surface area (Å²) in [5.41, 5.74) is 2.12. The van der Waals surface area contributed by atoms with Crippen LogP contribution in [-0.2, 0) is 21.3 Å². The third kappa shape index (κ3) is 4.44. The second-order valence-electron chi connectivity index (χ2n) is 6.00. The van der Waals surface area contributed by atoms with Gasteiger partial charge in [0.25, 0.3) is 0 Å². The van der Waals surface area contributed by atoms with Gasteiger partial charge in [0.05, 0.1) is 12.4 Å². The van der Waals surface area contributed by atoms with Gasteiger partial charge in [-0.3, -0.25) is 0 Å². The van der Waals surface area contributed by atoms with Crippen LogP contribution in [0.25, 0.3) is 0 Å². The predicted octanol–water partition coefficient (Wildman–Crippen LogP) is 1.94. The van der Waals surface area contributed by atoms with Crippen LogP contribution < -0.4 is 4.90 Å². The summed E-state index contributed by atoms with van der Waals surface area (Å²) in [6, 6.07) is 8.01. The summed E-state index contributed by atoms with van der Waals surface area (Å²) in [6.07, 6.45) is 0.842. The second kappa shape index (κ2) is 7.44. The lowest BCUT2D eigenvalue weighted by Crippen LogP contribution is -2.35. The summed E-state index contributed by atoms with van der Waals surface area (Å²) >= 11 is 0. The van der Waals surface area contributed by atoms with Gasteiger partial charge in [-0.2, -0.15) is 4.31 Å². The van der Waals surface area contributed by atoms with E-state index in [-0.39, 0.29) is 11.7 Å². The number of hydrogen-bond acceptors (Lipinski definition) is 4.